The Balaban J connectivity index is 0.00000312. The van der Waals surface area contributed by atoms with Crippen LogP contribution in [-0.2, 0) is 11.2 Å². The smallest absolute Gasteiger partial charge is 0.406 e. The van der Waals surface area contributed by atoms with Gasteiger partial charge in [0, 0.05) is 26.7 Å². The average molecular weight is 473 g/mol. The highest BCUT2D eigenvalue weighted by atomic mass is 127. The van der Waals surface area contributed by atoms with Crippen LogP contribution in [0.4, 0.5) is 13.2 Å². The monoisotopic (exact) mass is 473 g/mol. The molecule has 25 heavy (non-hydrogen) atoms. The molecule has 1 aliphatic rings. The molecule has 0 amide bonds. The van der Waals surface area contributed by atoms with Crippen molar-refractivity contribution in [3.63, 3.8) is 0 Å². The topological polar surface area (TPSA) is 54.9 Å². The van der Waals surface area contributed by atoms with Crippen molar-refractivity contribution in [1.29, 1.82) is 0 Å². The number of halogens is 4. The molecule has 1 aliphatic heterocycles. The predicted octanol–water partition coefficient (Wildman–Crippen LogP) is 3.09. The molecular weight excluding hydrogens is 450 g/mol. The number of rotatable bonds is 6. The Kier molecular flexibility index (Phi) is 9.33. The molecule has 2 N–H and O–H groups in total. The zero-order valence-electron chi connectivity index (χ0n) is 13.9. The largest absolute Gasteiger partial charge is 0.573 e. The van der Waals surface area contributed by atoms with E-state index in [-0.39, 0.29) is 35.8 Å². The van der Waals surface area contributed by atoms with Crippen LogP contribution in [0.1, 0.15) is 18.4 Å². The van der Waals surface area contributed by atoms with Gasteiger partial charge in [-0.2, -0.15) is 0 Å². The number of hydrogen-bond donors (Lipinski definition) is 2. The van der Waals surface area contributed by atoms with E-state index in [4.69, 9.17) is 4.74 Å². The van der Waals surface area contributed by atoms with Crippen LogP contribution < -0.4 is 15.4 Å². The molecule has 0 bridgehead atoms. The maximum atomic E-state index is 12.1. The number of nitrogens with zero attached hydrogens (tertiary/aromatic N) is 1. The molecule has 0 spiro atoms. The molecule has 1 saturated heterocycles. The van der Waals surface area contributed by atoms with Crippen molar-refractivity contribution in [1.82, 2.24) is 10.6 Å². The highest BCUT2D eigenvalue weighted by Gasteiger charge is 2.30. The van der Waals surface area contributed by atoms with E-state index >= 15 is 0 Å². The summed E-state index contributed by atoms with van der Waals surface area (Å²) in [6.45, 7) is 2.14. The van der Waals surface area contributed by atoms with Gasteiger partial charge in [-0.15, -0.1) is 37.1 Å². The minimum Gasteiger partial charge on any atom is -0.406 e. The number of hydrogen-bond acceptors (Lipinski definition) is 3. The van der Waals surface area contributed by atoms with Crippen molar-refractivity contribution in [3.8, 4) is 5.75 Å². The van der Waals surface area contributed by atoms with Gasteiger partial charge in [-0.3, -0.25) is 4.99 Å². The second-order valence-electron chi connectivity index (χ2n) is 5.46. The molecule has 142 valence electrons. The Hall–Kier alpha value is -1.23. The summed E-state index contributed by atoms with van der Waals surface area (Å²) in [6.07, 6.45) is -1.63. The van der Waals surface area contributed by atoms with Crippen LogP contribution >= 0.6 is 24.0 Å². The SMILES string of the molecule is CN=C(NCCc1ccc(OC(F)(F)F)cc1)NCC1CCCO1.I. The first-order chi connectivity index (χ1) is 11.5. The van der Waals surface area contributed by atoms with E-state index in [0.717, 1.165) is 25.0 Å². The van der Waals surface area contributed by atoms with Crippen molar-refractivity contribution >= 4 is 29.9 Å². The summed E-state index contributed by atoms with van der Waals surface area (Å²) < 4.78 is 45.7. The van der Waals surface area contributed by atoms with E-state index in [9.17, 15) is 13.2 Å². The van der Waals surface area contributed by atoms with Gasteiger partial charge in [-0.1, -0.05) is 12.1 Å². The van der Waals surface area contributed by atoms with Gasteiger partial charge >= 0.3 is 6.36 Å². The Morgan fingerprint density at radius 3 is 2.56 bits per heavy atom. The van der Waals surface area contributed by atoms with E-state index in [2.05, 4.69) is 20.4 Å². The molecule has 0 aromatic heterocycles. The molecule has 5 nitrogen and oxygen atoms in total. The Bertz CT molecular complexity index is 532. The fourth-order valence-electron chi connectivity index (χ4n) is 2.42. The lowest BCUT2D eigenvalue weighted by Gasteiger charge is -2.15. The number of aliphatic imine (C=N–C) groups is 1. The van der Waals surface area contributed by atoms with Crippen LogP contribution in [0, 0.1) is 0 Å². The average Bonchev–Trinajstić information content (AvgIpc) is 3.04. The highest BCUT2D eigenvalue weighted by molar-refractivity contribution is 14.0. The van der Waals surface area contributed by atoms with Crippen LogP contribution in [-0.4, -0.2) is 45.2 Å². The van der Waals surface area contributed by atoms with E-state index in [0.29, 0.717) is 25.5 Å². The van der Waals surface area contributed by atoms with Crippen LogP contribution in [0.5, 0.6) is 5.75 Å². The lowest BCUT2D eigenvalue weighted by atomic mass is 10.1. The van der Waals surface area contributed by atoms with Crippen LogP contribution in [0.2, 0.25) is 0 Å². The van der Waals surface area contributed by atoms with Crippen molar-refractivity contribution < 1.29 is 22.6 Å². The molecule has 1 aromatic rings. The van der Waals surface area contributed by atoms with Crippen molar-refractivity contribution in [3.05, 3.63) is 29.8 Å². The van der Waals surface area contributed by atoms with Crippen LogP contribution in [0.15, 0.2) is 29.3 Å². The number of benzene rings is 1. The van der Waals surface area contributed by atoms with Gasteiger partial charge in [0.1, 0.15) is 5.75 Å². The summed E-state index contributed by atoms with van der Waals surface area (Å²) in [6, 6.07) is 5.86. The maximum absolute atomic E-state index is 12.1. The minimum absolute atomic E-state index is 0. The van der Waals surface area contributed by atoms with Crippen LogP contribution in [0.25, 0.3) is 0 Å². The molecule has 0 saturated carbocycles. The summed E-state index contributed by atoms with van der Waals surface area (Å²) in [5.74, 6) is 0.468. The Labute approximate surface area is 162 Å². The van der Waals surface area contributed by atoms with E-state index in [1.54, 1.807) is 19.2 Å². The zero-order chi connectivity index (χ0) is 17.4. The third-order valence-corrected chi connectivity index (χ3v) is 3.61. The quantitative estimate of drug-likeness (QED) is 0.379. The van der Waals surface area contributed by atoms with Crippen molar-refractivity contribution in [2.24, 2.45) is 4.99 Å². The molecule has 1 aromatic carbocycles. The molecule has 1 unspecified atom stereocenters. The minimum atomic E-state index is -4.66. The van der Waals surface area contributed by atoms with Crippen LogP contribution in [0.3, 0.4) is 0 Å². The predicted molar refractivity (Wildman–Crippen MR) is 101 cm³/mol. The van der Waals surface area contributed by atoms with E-state index in [1.165, 1.54) is 12.1 Å². The lowest BCUT2D eigenvalue weighted by Crippen LogP contribution is -2.41. The second kappa shape index (κ2) is 10.7. The van der Waals surface area contributed by atoms with Crippen molar-refractivity contribution in [2.75, 3.05) is 26.7 Å². The molecule has 2 rings (SSSR count). The van der Waals surface area contributed by atoms with Gasteiger partial charge < -0.3 is 20.1 Å². The van der Waals surface area contributed by atoms with E-state index < -0.39 is 6.36 Å². The summed E-state index contributed by atoms with van der Waals surface area (Å²) in [5.41, 5.74) is 0.909. The first-order valence-electron chi connectivity index (χ1n) is 7.87. The molecular formula is C16H23F3IN3O2. The third-order valence-electron chi connectivity index (χ3n) is 3.61. The maximum Gasteiger partial charge on any atom is 0.573 e. The van der Waals surface area contributed by atoms with Crippen molar-refractivity contribution in [2.45, 2.75) is 31.7 Å². The molecule has 9 heteroatoms. The summed E-state index contributed by atoms with van der Waals surface area (Å²) >= 11 is 0. The van der Waals surface area contributed by atoms with Gasteiger partial charge in [-0.25, -0.2) is 0 Å². The molecule has 0 radical (unpaired) electrons. The zero-order valence-corrected chi connectivity index (χ0v) is 16.3. The van der Waals surface area contributed by atoms with Gasteiger partial charge in [0.05, 0.1) is 6.10 Å². The second-order valence-corrected chi connectivity index (χ2v) is 5.46. The third kappa shape index (κ3) is 8.61. The van der Waals surface area contributed by atoms with Gasteiger partial charge in [0.15, 0.2) is 5.96 Å². The van der Waals surface area contributed by atoms with Gasteiger partial charge in [0.2, 0.25) is 0 Å². The highest BCUT2D eigenvalue weighted by Crippen LogP contribution is 2.22. The molecule has 1 atom stereocenters. The molecule has 1 heterocycles. The summed E-state index contributed by atoms with van der Waals surface area (Å²) in [7, 11) is 1.69. The lowest BCUT2D eigenvalue weighted by molar-refractivity contribution is -0.274. The van der Waals surface area contributed by atoms with E-state index in [1.807, 2.05) is 0 Å². The number of ether oxygens (including phenoxy) is 2. The Morgan fingerprint density at radius 1 is 1.28 bits per heavy atom. The first kappa shape index (κ1) is 21.8. The summed E-state index contributed by atoms with van der Waals surface area (Å²) in [5, 5.41) is 6.37. The number of nitrogens with one attached hydrogen (secondary N) is 2. The summed E-state index contributed by atoms with van der Waals surface area (Å²) in [4.78, 5) is 4.13. The number of guanidine groups is 1. The molecule has 1 fully saturated rings. The van der Waals surface area contributed by atoms with Gasteiger partial charge in [0.25, 0.3) is 0 Å². The fourth-order valence-corrected chi connectivity index (χ4v) is 2.42. The number of alkyl halides is 3. The van der Waals surface area contributed by atoms with Gasteiger partial charge in [-0.05, 0) is 37.0 Å². The standard InChI is InChI=1S/C16H22F3N3O2.HI/c1-20-15(22-11-14-3-2-10-23-14)21-9-8-12-4-6-13(7-5-12)24-16(17,18)19;/h4-7,14H,2-3,8-11H2,1H3,(H2,20,21,22);1H. The first-order valence-corrected chi connectivity index (χ1v) is 7.87. The molecule has 0 aliphatic carbocycles. The normalized spacial score (nSPS) is 17.8. The Morgan fingerprint density at radius 2 is 2.00 bits per heavy atom. The fraction of sp³-hybridized carbons (Fsp3) is 0.562.